The lowest BCUT2D eigenvalue weighted by Crippen LogP contribution is -2.19. The van der Waals surface area contributed by atoms with Crippen molar-refractivity contribution in [3.63, 3.8) is 0 Å². The van der Waals surface area contributed by atoms with Crippen LogP contribution in [0.4, 0.5) is 24.5 Å². The van der Waals surface area contributed by atoms with E-state index in [-0.39, 0.29) is 21.3 Å². The molecule has 0 aliphatic rings. The Morgan fingerprint density at radius 2 is 1.61 bits per heavy atom. The summed E-state index contributed by atoms with van der Waals surface area (Å²) < 4.78 is 67.6. The molecule has 162 valence electrons. The van der Waals surface area contributed by atoms with Crippen LogP contribution >= 0.6 is 11.6 Å². The van der Waals surface area contributed by atoms with E-state index < -0.39 is 33.2 Å². The fourth-order valence-electron chi connectivity index (χ4n) is 2.84. The zero-order valence-electron chi connectivity index (χ0n) is 16.0. The normalized spacial score (nSPS) is 11.8. The molecular formula is C21H16ClF3N2O3S. The maximum absolute atomic E-state index is 13.2. The molecule has 0 aliphatic heterocycles. The summed E-state index contributed by atoms with van der Waals surface area (Å²) in [6.45, 7) is 1.55. The number of para-hydroxylation sites is 1. The fourth-order valence-corrected chi connectivity index (χ4v) is 4.43. The first kappa shape index (κ1) is 22.6. The topological polar surface area (TPSA) is 75.3 Å². The summed E-state index contributed by atoms with van der Waals surface area (Å²) in [5.74, 6) is -1.01. The summed E-state index contributed by atoms with van der Waals surface area (Å²) in [6.07, 6.45) is -4.71. The molecule has 5 nitrogen and oxygen atoms in total. The van der Waals surface area contributed by atoms with E-state index >= 15 is 0 Å². The number of hydrogen-bond donors (Lipinski definition) is 2. The number of nitrogens with one attached hydrogen (secondary N) is 2. The first-order valence-electron chi connectivity index (χ1n) is 8.84. The Morgan fingerprint density at radius 1 is 0.968 bits per heavy atom. The molecule has 2 N–H and O–H groups in total. The molecular weight excluding hydrogens is 453 g/mol. The number of hydrogen-bond acceptors (Lipinski definition) is 3. The average molecular weight is 469 g/mol. The van der Waals surface area contributed by atoms with E-state index in [1.54, 1.807) is 19.1 Å². The summed E-state index contributed by atoms with van der Waals surface area (Å²) in [4.78, 5) is 12.3. The lowest BCUT2D eigenvalue weighted by molar-refractivity contribution is -0.137. The van der Waals surface area contributed by atoms with Gasteiger partial charge in [-0.3, -0.25) is 9.52 Å². The van der Waals surface area contributed by atoms with Crippen LogP contribution in [0.2, 0.25) is 5.02 Å². The van der Waals surface area contributed by atoms with Crippen molar-refractivity contribution in [2.75, 3.05) is 10.0 Å². The number of sulfonamides is 1. The predicted octanol–water partition coefficient (Wildman–Crippen LogP) is 5.72. The summed E-state index contributed by atoms with van der Waals surface area (Å²) in [7, 11) is -4.09. The standard InChI is InChI=1S/C21H16ClF3N2O3S/c1-13-10-11-14(26-20(28)15-6-2-3-7-16(15)21(23,24)25)12-19(13)31(29,30)27-18-9-5-4-8-17(18)22/h2-12,27H,1H3,(H,26,28). The quantitative estimate of drug-likeness (QED) is 0.503. The molecule has 10 heteroatoms. The molecule has 31 heavy (non-hydrogen) atoms. The Kier molecular flexibility index (Phi) is 6.28. The lowest BCUT2D eigenvalue weighted by atomic mass is 10.1. The second-order valence-corrected chi connectivity index (χ2v) is 8.62. The third-order valence-electron chi connectivity index (χ3n) is 4.33. The number of anilines is 2. The minimum absolute atomic E-state index is 0.0205. The van der Waals surface area contributed by atoms with E-state index in [9.17, 15) is 26.4 Å². The minimum atomic E-state index is -4.71. The third kappa shape index (κ3) is 5.18. The molecule has 0 unspecified atom stereocenters. The van der Waals surface area contributed by atoms with E-state index in [1.807, 2.05) is 0 Å². The van der Waals surface area contributed by atoms with E-state index in [2.05, 4.69) is 10.0 Å². The summed E-state index contributed by atoms with van der Waals surface area (Å²) in [5, 5.41) is 2.52. The molecule has 0 bridgehead atoms. The average Bonchev–Trinajstić information content (AvgIpc) is 2.70. The zero-order chi connectivity index (χ0) is 22.8. The van der Waals surface area contributed by atoms with Gasteiger partial charge < -0.3 is 5.32 Å². The summed E-state index contributed by atoms with van der Waals surface area (Å²) >= 11 is 6.00. The number of carbonyl (C=O) groups excluding carboxylic acids is 1. The Balaban J connectivity index is 1.92. The van der Waals surface area contributed by atoms with Crippen molar-refractivity contribution in [2.24, 2.45) is 0 Å². The first-order valence-corrected chi connectivity index (χ1v) is 10.7. The van der Waals surface area contributed by atoms with Gasteiger partial charge in [-0.25, -0.2) is 8.42 Å². The highest BCUT2D eigenvalue weighted by molar-refractivity contribution is 7.92. The van der Waals surface area contributed by atoms with Gasteiger partial charge in [-0.2, -0.15) is 13.2 Å². The minimum Gasteiger partial charge on any atom is -0.322 e. The number of halogens is 4. The lowest BCUT2D eigenvalue weighted by Gasteiger charge is -2.15. The number of amides is 1. The van der Waals surface area contributed by atoms with Gasteiger partial charge in [0.1, 0.15) is 0 Å². The van der Waals surface area contributed by atoms with Crippen molar-refractivity contribution in [3.8, 4) is 0 Å². The Morgan fingerprint density at radius 3 is 2.29 bits per heavy atom. The van der Waals surface area contributed by atoms with Crippen molar-refractivity contribution >= 4 is 38.9 Å². The van der Waals surface area contributed by atoms with Crippen LogP contribution in [0.3, 0.4) is 0 Å². The molecule has 0 saturated carbocycles. The van der Waals surface area contributed by atoms with E-state index in [0.717, 1.165) is 12.1 Å². The maximum atomic E-state index is 13.2. The molecule has 3 rings (SSSR count). The molecule has 0 aliphatic carbocycles. The van der Waals surface area contributed by atoms with Gasteiger partial charge in [-0.15, -0.1) is 0 Å². The van der Waals surface area contributed by atoms with Crippen molar-refractivity contribution < 1.29 is 26.4 Å². The molecule has 1 amide bonds. The molecule has 0 radical (unpaired) electrons. The van der Waals surface area contributed by atoms with Crippen LogP contribution in [0.1, 0.15) is 21.5 Å². The second-order valence-electron chi connectivity index (χ2n) is 6.56. The van der Waals surface area contributed by atoms with Crippen molar-refractivity contribution in [1.82, 2.24) is 0 Å². The van der Waals surface area contributed by atoms with Gasteiger partial charge >= 0.3 is 6.18 Å². The molecule has 0 aromatic heterocycles. The summed E-state index contributed by atoms with van der Waals surface area (Å²) in [5.41, 5.74) is -1.11. The van der Waals surface area contributed by atoms with Crippen molar-refractivity contribution in [2.45, 2.75) is 18.0 Å². The molecule has 0 fully saturated rings. The number of rotatable bonds is 5. The molecule has 0 saturated heterocycles. The smallest absolute Gasteiger partial charge is 0.322 e. The van der Waals surface area contributed by atoms with E-state index in [1.165, 1.54) is 42.5 Å². The van der Waals surface area contributed by atoms with Crippen LogP contribution in [0.25, 0.3) is 0 Å². The zero-order valence-corrected chi connectivity index (χ0v) is 17.6. The van der Waals surface area contributed by atoms with Gasteiger partial charge in [0, 0.05) is 5.69 Å². The number of aryl methyl sites for hydroxylation is 1. The number of benzene rings is 3. The summed E-state index contributed by atoms with van der Waals surface area (Å²) in [6, 6.07) is 14.6. The van der Waals surface area contributed by atoms with Crippen LogP contribution in [-0.4, -0.2) is 14.3 Å². The van der Waals surface area contributed by atoms with Gasteiger partial charge in [0.2, 0.25) is 0 Å². The highest BCUT2D eigenvalue weighted by atomic mass is 35.5. The monoisotopic (exact) mass is 468 g/mol. The highest BCUT2D eigenvalue weighted by Crippen LogP contribution is 2.32. The first-order chi connectivity index (χ1) is 14.5. The van der Waals surface area contributed by atoms with Gasteiger partial charge in [0.25, 0.3) is 15.9 Å². The fraction of sp³-hybridized carbons (Fsp3) is 0.0952. The second kappa shape index (κ2) is 8.60. The highest BCUT2D eigenvalue weighted by Gasteiger charge is 2.34. The van der Waals surface area contributed by atoms with E-state index in [4.69, 9.17) is 11.6 Å². The van der Waals surface area contributed by atoms with Crippen molar-refractivity contribution in [3.05, 3.63) is 88.4 Å². The van der Waals surface area contributed by atoms with Gasteiger partial charge in [-0.05, 0) is 48.9 Å². The molecule has 0 heterocycles. The number of carbonyl (C=O) groups is 1. The molecule has 0 atom stereocenters. The van der Waals surface area contributed by atoms with Crippen LogP contribution in [-0.2, 0) is 16.2 Å². The largest absolute Gasteiger partial charge is 0.417 e. The Labute approximate surface area is 181 Å². The van der Waals surface area contributed by atoms with Crippen LogP contribution in [0.5, 0.6) is 0 Å². The molecule has 3 aromatic rings. The Hall–Kier alpha value is -3.04. The third-order valence-corrected chi connectivity index (χ3v) is 6.17. The molecule has 3 aromatic carbocycles. The maximum Gasteiger partial charge on any atom is 0.417 e. The van der Waals surface area contributed by atoms with Crippen LogP contribution in [0, 0.1) is 6.92 Å². The Bertz CT molecular complexity index is 1240. The van der Waals surface area contributed by atoms with Crippen LogP contribution in [0.15, 0.2) is 71.6 Å². The SMILES string of the molecule is Cc1ccc(NC(=O)c2ccccc2C(F)(F)F)cc1S(=O)(=O)Nc1ccccc1Cl. The van der Waals surface area contributed by atoms with Gasteiger partial charge in [0.05, 0.1) is 26.7 Å². The predicted molar refractivity (Wildman–Crippen MR) is 113 cm³/mol. The van der Waals surface area contributed by atoms with Crippen LogP contribution < -0.4 is 10.0 Å². The number of alkyl halides is 3. The van der Waals surface area contributed by atoms with Gasteiger partial charge in [0.15, 0.2) is 0 Å². The molecule has 0 spiro atoms. The van der Waals surface area contributed by atoms with Crippen molar-refractivity contribution in [1.29, 1.82) is 0 Å². The van der Waals surface area contributed by atoms with E-state index in [0.29, 0.717) is 5.56 Å². The van der Waals surface area contributed by atoms with Gasteiger partial charge in [-0.1, -0.05) is 41.9 Å².